The van der Waals surface area contributed by atoms with E-state index in [9.17, 15) is 0 Å². The van der Waals surface area contributed by atoms with Crippen molar-refractivity contribution in [3.63, 3.8) is 0 Å². The van der Waals surface area contributed by atoms with E-state index < -0.39 is 0 Å². The summed E-state index contributed by atoms with van der Waals surface area (Å²) < 4.78 is 5.97. The third-order valence-electron chi connectivity index (χ3n) is 4.09. The first-order chi connectivity index (χ1) is 10.3. The number of furan rings is 1. The summed E-state index contributed by atoms with van der Waals surface area (Å²) in [5.74, 6) is 0.866. The molecule has 0 unspecified atom stereocenters. The van der Waals surface area contributed by atoms with Crippen LogP contribution in [-0.4, -0.2) is 36.1 Å². The molecular formula is C15H15ClN4O. The highest BCUT2D eigenvalue weighted by atomic mass is 35.5. The Bertz CT molecular complexity index is 816. The molecule has 2 aromatic heterocycles. The van der Waals surface area contributed by atoms with Crippen molar-refractivity contribution < 1.29 is 4.42 Å². The van der Waals surface area contributed by atoms with Gasteiger partial charge in [-0.15, -0.1) is 0 Å². The van der Waals surface area contributed by atoms with Crippen LogP contribution in [-0.2, 0) is 0 Å². The summed E-state index contributed by atoms with van der Waals surface area (Å²) in [6.07, 6.45) is 2.70. The lowest BCUT2D eigenvalue weighted by Gasteiger charge is -2.16. The van der Waals surface area contributed by atoms with Crippen LogP contribution < -0.4 is 10.2 Å². The Morgan fingerprint density at radius 3 is 3.10 bits per heavy atom. The number of anilines is 1. The fourth-order valence-corrected chi connectivity index (χ4v) is 3.12. The van der Waals surface area contributed by atoms with E-state index in [1.165, 1.54) is 0 Å². The maximum Gasteiger partial charge on any atom is 0.196 e. The van der Waals surface area contributed by atoms with Gasteiger partial charge in [-0.2, -0.15) is 0 Å². The minimum absolute atomic E-state index is 0.494. The lowest BCUT2D eigenvalue weighted by molar-refractivity contribution is 0.615. The van der Waals surface area contributed by atoms with Crippen molar-refractivity contribution in [2.75, 3.05) is 25.0 Å². The van der Waals surface area contributed by atoms with Gasteiger partial charge in [0.25, 0.3) is 0 Å². The zero-order valence-electron chi connectivity index (χ0n) is 11.6. The van der Waals surface area contributed by atoms with Gasteiger partial charge in [0.05, 0.1) is 0 Å². The Balaban J connectivity index is 1.88. The summed E-state index contributed by atoms with van der Waals surface area (Å²) in [5.41, 5.74) is 2.36. The second kappa shape index (κ2) is 4.86. The molecule has 3 aromatic rings. The van der Waals surface area contributed by atoms with Crippen molar-refractivity contribution in [3.8, 4) is 0 Å². The molecule has 1 fully saturated rings. The van der Waals surface area contributed by atoms with Crippen LogP contribution in [0.4, 0.5) is 5.82 Å². The molecule has 6 heteroatoms. The second-order valence-corrected chi connectivity index (χ2v) is 5.77. The average molecular weight is 303 g/mol. The number of benzene rings is 1. The number of aromatic nitrogens is 2. The molecule has 21 heavy (non-hydrogen) atoms. The van der Waals surface area contributed by atoms with Crippen LogP contribution >= 0.6 is 11.6 Å². The standard InChI is InChI=1S/C15H15ClN4O/c1-17-10-4-5-20(7-10)15-14-13(18-8-19-15)11-6-9(16)2-3-12(11)21-14/h2-3,6,8,10,17H,4-5,7H2,1H3/t10-/m1/s1. The van der Waals surface area contributed by atoms with Gasteiger partial charge in [-0.25, -0.2) is 9.97 Å². The Kier molecular flexibility index (Phi) is 2.97. The number of nitrogens with zero attached hydrogens (tertiary/aromatic N) is 3. The van der Waals surface area contributed by atoms with Gasteiger partial charge in [-0.1, -0.05) is 11.6 Å². The van der Waals surface area contributed by atoms with E-state index in [1.54, 1.807) is 6.33 Å². The van der Waals surface area contributed by atoms with Crippen molar-refractivity contribution in [1.29, 1.82) is 0 Å². The molecular weight excluding hydrogens is 288 g/mol. The number of hydrogen-bond donors (Lipinski definition) is 1. The van der Waals surface area contributed by atoms with Gasteiger partial charge in [-0.05, 0) is 31.7 Å². The van der Waals surface area contributed by atoms with Crippen LogP contribution in [0.1, 0.15) is 6.42 Å². The van der Waals surface area contributed by atoms with Crippen molar-refractivity contribution in [2.45, 2.75) is 12.5 Å². The molecule has 0 spiro atoms. The molecule has 5 nitrogen and oxygen atoms in total. The van der Waals surface area contributed by atoms with Crippen LogP contribution in [0.2, 0.25) is 5.02 Å². The molecule has 1 aromatic carbocycles. The van der Waals surface area contributed by atoms with Gasteiger partial charge in [0, 0.05) is 29.5 Å². The second-order valence-electron chi connectivity index (χ2n) is 5.34. The molecule has 4 rings (SSSR count). The molecule has 0 amide bonds. The summed E-state index contributed by atoms with van der Waals surface area (Å²) in [6, 6.07) is 6.09. The minimum atomic E-state index is 0.494. The van der Waals surface area contributed by atoms with Gasteiger partial charge in [0.15, 0.2) is 11.4 Å². The number of nitrogens with one attached hydrogen (secondary N) is 1. The molecule has 108 valence electrons. The summed E-state index contributed by atoms with van der Waals surface area (Å²) in [5, 5.41) is 4.93. The highest BCUT2D eigenvalue weighted by Gasteiger charge is 2.25. The summed E-state index contributed by atoms with van der Waals surface area (Å²) in [4.78, 5) is 11.1. The lowest BCUT2D eigenvalue weighted by atomic mass is 10.2. The van der Waals surface area contributed by atoms with Gasteiger partial charge in [0.2, 0.25) is 0 Å². The third-order valence-corrected chi connectivity index (χ3v) is 4.32. The quantitative estimate of drug-likeness (QED) is 0.789. The fraction of sp³-hybridized carbons (Fsp3) is 0.333. The summed E-state index contributed by atoms with van der Waals surface area (Å²) in [7, 11) is 1.99. The molecule has 1 atom stereocenters. The van der Waals surface area contributed by atoms with Gasteiger partial charge >= 0.3 is 0 Å². The highest BCUT2D eigenvalue weighted by Crippen LogP contribution is 2.34. The largest absolute Gasteiger partial charge is 0.450 e. The van der Waals surface area contributed by atoms with E-state index in [0.29, 0.717) is 11.1 Å². The first kappa shape index (κ1) is 12.9. The molecule has 1 aliphatic heterocycles. The van der Waals surface area contributed by atoms with Crippen molar-refractivity contribution in [2.24, 2.45) is 0 Å². The summed E-state index contributed by atoms with van der Waals surface area (Å²) in [6.45, 7) is 1.90. The lowest BCUT2D eigenvalue weighted by Crippen LogP contribution is -2.29. The van der Waals surface area contributed by atoms with Gasteiger partial charge < -0.3 is 14.6 Å². The molecule has 1 N–H and O–H groups in total. The Hall–Kier alpha value is -1.85. The molecule has 0 aliphatic carbocycles. The first-order valence-electron chi connectivity index (χ1n) is 7.01. The Morgan fingerprint density at radius 2 is 2.29 bits per heavy atom. The third kappa shape index (κ3) is 2.04. The number of halogens is 1. The minimum Gasteiger partial charge on any atom is -0.450 e. The maximum absolute atomic E-state index is 6.08. The normalized spacial score (nSPS) is 19.0. The first-order valence-corrected chi connectivity index (χ1v) is 7.39. The van der Waals surface area contributed by atoms with Crippen LogP contribution in [0.5, 0.6) is 0 Å². The van der Waals surface area contributed by atoms with E-state index in [2.05, 4.69) is 20.2 Å². The smallest absolute Gasteiger partial charge is 0.196 e. The van der Waals surface area contributed by atoms with E-state index in [1.807, 2.05) is 25.2 Å². The van der Waals surface area contributed by atoms with E-state index in [-0.39, 0.29) is 0 Å². The molecule has 0 radical (unpaired) electrons. The average Bonchev–Trinajstić information content (AvgIpc) is 3.11. The van der Waals surface area contributed by atoms with E-state index >= 15 is 0 Å². The monoisotopic (exact) mass is 302 g/mol. The highest BCUT2D eigenvalue weighted by molar-refractivity contribution is 6.31. The Labute approximate surface area is 126 Å². The predicted molar refractivity (Wildman–Crippen MR) is 84.0 cm³/mol. The molecule has 1 aliphatic rings. The molecule has 1 saturated heterocycles. The fourth-order valence-electron chi connectivity index (χ4n) is 2.95. The molecule has 3 heterocycles. The van der Waals surface area contributed by atoms with Crippen molar-refractivity contribution in [1.82, 2.24) is 15.3 Å². The van der Waals surface area contributed by atoms with Gasteiger partial charge in [0.1, 0.15) is 17.4 Å². The van der Waals surface area contributed by atoms with Crippen molar-refractivity contribution in [3.05, 3.63) is 29.5 Å². The zero-order valence-corrected chi connectivity index (χ0v) is 12.4. The topological polar surface area (TPSA) is 54.2 Å². The van der Waals surface area contributed by atoms with Crippen LogP contribution in [0, 0.1) is 0 Å². The number of fused-ring (bicyclic) bond motifs is 3. The molecule has 0 bridgehead atoms. The van der Waals surface area contributed by atoms with Gasteiger partial charge in [-0.3, -0.25) is 0 Å². The van der Waals surface area contributed by atoms with Crippen LogP contribution in [0.25, 0.3) is 22.1 Å². The predicted octanol–water partition coefficient (Wildman–Crippen LogP) is 2.83. The van der Waals surface area contributed by atoms with Crippen molar-refractivity contribution >= 4 is 39.5 Å². The van der Waals surface area contributed by atoms with Crippen LogP contribution in [0.3, 0.4) is 0 Å². The molecule has 0 saturated carbocycles. The number of likely N-dealkylation sites (N-methyl/N-ethyl adjacent to an activating group) is 1. The SMILES string of the molecule is CN[C@@H]1CCN(c2ncnc3c2oc2ccc(Cl)cc23)C1. The Morgan fingerprint density at radius 1 is 1.38 bits per heavy atom. The van der Waals surface area contributed by atoms with E-state index in [0.717, 1.165) is 47.4 Å². The maximum atomic E-state index is 6.08. The zero-order chi connectivity index (χ0) is 14.4. The summed E-state index contributed by atoms with van der Waals surface area (Å²) >= 11 is 6.08. The number of rotatable bonds is 2. The van der Waals surface area contributed by atoms with Crippen LogP contribution in [0.15, 0.2) is 28.9 Å². The number of hydrogen-bond acceptors (Lipinski definition) is 5. The van der Waals surface area contributed by atoms with E-state index in [4.69, 9.17) is 16.0 Å².